The molecule has 1 aliphatic rings. The van der Waals surface area contributed by atoms with Gasteiger partial charge in [0, 0.05) is 12.2 Å². The number of aromatic nitrogens is 1. The number of hydrogen-bond donors (Lipinski definition) is 2. The molecule has 0 bridgehead atoms. The molecule has 0 fully saturated rings. The summed E-state index contributed by atoms with van der Waals surface area (Å²) in [5.74, 6) is 0.786. The van der Waals surface area contributed by atoms with Crippen molar-refractivity contribution in [3.63, 3.8) is 0 Å². The van der Waals surface area contributed by atoms with E-state index in [-0.39, 0.29) is 12.6 Å². The van der Waals surface area contributed by atoms with Crippen molar-refractivity contribution in [2.45, 2.75) is 38.1 Å². The fourth-order valence-corrected chi connectivity index (χ4v) is 1.98. The van der Waals surface area contributed by atoms with Gasteiger partial charge in [0.2, 0.25) is 0 Å². The molecule has 0 spiro atoms. The maximum Gasteiger partial charge on any atom is 0.156 e. The van der Waals surface area contributed by atoms with Crippen LogP contribution in [0.4, 0.5) is 0 Å². The van der Waals surface area contributed by atoms with E-state index in [4.69, 9.17) is 15.4 Å². The van der Waals surface area contributed by atoms with Crippen LogP contribution >= 0.6 is 0 Å². The second kappa shape index (κ2) is 4.11. The molecule has 0 amide bonds. The average molecular weight is 196 g/mol. The number of rotatable bonds is 3. The zero-order chi connectivity index (χ0) is 9.97. The maximum absolute atomic E-state index is 8.80. The van der Waals surface area contributed by atoms with Crippen molar-refractivity contribution in [1.82, 2.24) is 5.16 Å². The predicted octanol–water partition coefficient (Wildman–Crippen LogP) is 0.936. The van der Waals surface area contributed by atoms with Crippen molar-refractivity contribution in [3.8, 4) is 0 Å². The molecule has 0 saturated heterocycles. The first-order valence-corrected chi connectivity index (χ1v) is 5.16. The summed E-state index contributed by atoms with van der Waals surface area (Å²) in [7, 11) is 0. The fraction of sp³-hybridized carbons (Fsp3) is 0.700. The van der Waals surface area contributed by atoms with E-state index in [0.29, 0.717) is 6.42 Å². The van der Waals surface area contributed by atoms with Crippen LogP contribution in [0.15, 0.2) is 4.52 Å². The summed E-state index contributed by atoms with van der Waals surface area (Å²) in [6, 6.07) is -0.200. The smallest absolute Gasteiger partial charge is 0.156 e. The lowest BCUT2D eigenvalue weighted by Crippen LogP contribution is -2.14. The van der Waals surface area contributed by atoms with Gasteiger partial charge in [-0.25, -0.2) is 0 Å². The van der Waals surface area contributed by atoms with Gasteiger partial charge in [0.15, 0.2) is 5.76 Å². The highest BCUT2D eigenvalue weighted by molar-refractivity contribution is 5.27. The Bertz CT molecular complexity index is 309. The molecule has 0 radical (unpaired) electrons. The molecule has 1 aliphatic carbocycles. The Labute approximate surface area is 83.1 Å². The summed E-state index contributed by atoms with van der Waals surface area (Å²) >= 11 is 0. The van der Waals surface area contributed by atoms with Gasteiger partial charge in [-0.15, -0.1) is 0 Å². The first kappa shape index (κ1) is 9.68. The van der Waals surface area contributed by atoms with Crippen LogP contribution in [0.1, 0.15) is 42.3 Å². The summed E-state index contributed by atoms with van der Waals surface area (Å²) in [6.45, 7) is 0.0939. The number of nitrogens with zero attached hydrogens (tertiary/aromatic N) is 1. The Kier molecular flexibility index (Phi) is 2.84. The monoisotopic (exact) mass is 196 g/mol. The van der Waals surface area contributed by atoms with Crippen LogP contribution in [0.3, 0.4) is 0 Å². The molecule has 78 valence electrons. The van der Waals surface area contributed by atoms with Gasteiger partial charge in [-0.1, -0.05) is 5.16 Å². The van der Waals surface area contributed by atoms with Crippen molar-refractivity contribution >= 4 is 0 Å². The van der Waals surface area contributed by atoms with E-state index >= 15 is 0 Å². The van der Waals surface area contributed by atoms with Crippen molar-refractivity contribution in [3.05, 3.63) is 17.0 Å². The van der Waals surface area contributed by atoms with Crippen LogP contribution in [-0.4, -0.2) is 16.9 Å². The largest absolute Gasteiger partial charge is 0.396 e. The normalized spacial score (nSPS) is 17.9. The van der Waals surface area contributed by atoms with E-state index in [2.05, 4.69) is 5.16 Å². The van der Waals surface area contributed by atoms with Gasteiger partial charge in [-0.3, -0.25) is 0 Å². The van der Waals surface area contributed by atoms with Crippen LogP contribution < -0.4 is 5.73 Å². The van der Waals surface area contributed by atoms with Gasteiger partial charge < -0.3 is 15.4 Å². The van der Waals surface area contributed by atoms with E-state index in [1.807, 2.05) is 0 Å². The maximum atomic E-state index is 8.80. The Morgan fingerprint density at radius 1 is 1.43 bits per heavy atom. The molecule has 3 N–H and O–H groups in total. The van der Waals surface area contributed by atoms with Gasteiger partial charge in [-0.05, 0) is 32.1 Å². The van der Waals surface area contributed by atoms with Gasteiger partial charge >= 0.3 is 0 Å². The molecule has 1 unspecified atom stereocenters. The molecule has 1 heterocycles. The molecule has 1 aromatic heterocycles. The fourth-order valence-electron chi connectivity index (χ4n) is 1.98. The van der Waals surface area contributed by atoms with Gasteiger partial charge in [0.25, 0.3) is 0 Å². The minimum absolute atomic E-state index is 0.0939. The molecule has 0 aliphatic heterocycles. The summed E-state index contributed by atoms with van der Waals surface area (Å²) in [4.78, 5) is 0. The molecule has 1 atom stereocenters. The standard InChI is InChI=1S/C10H16N2O2/c11-8(5-6-13)10-7-3-1-2-4-9(7)12-14-10/h8,13H,1-6,11H2. The van der Waals surface area contributed by atoms with Crippen LogP contribution in [-0.2, 0) is 12.8 Å². The Balaban J connectivity index is 2.21. The number of nitrogens with two attached hydrogens (primary N) is 1. The zero-order valence-corrected chi connectivity index (χ0v) is 8.20. The Hall–Kier alpha value is -0.870. The molecule has 0 saturated carbocycles. The van der Waals surface area contributed by atoms with E-state index in [1.165, 1.54) is 18.4 Å². The first-order chi connectivity index (χ1) is 6.83. The topological polar surface area (TPSA) is 72.3 Å². The molecular formula is C10H16N2O2. The lowest BCUT2D eigenvalue weighted by atomic mass is 9.94. The average Bonchev–Trinajstić information content (AvgIpc) is 2.61. The molecule has 4 nitrogen and oxygen atoms in total. The Morgan fingerprint density at radius 2 is 2.21 bits per heavy atom. The third-order valence-electron chi connectivity index (χ3n) is 2.77. The summed E-state index contributed by atoms with van der Waals surface area (Å²) in [5, 5.41) is 12.8. The predicted molar refractivity (Wildman–Crippen MR) is 51.8 cm³/mol. The van der Waals surface area contributed by atoms with E-state index in [1.54, 1.807) is 0 Å². The third-order valence-corrected chi connectivity index (χ3v) is 2.77. The summed E-state index contributed by atoms with van der Waals surface area (Å²) < 4.78 is 5.25. The summed E-state index contributed by atoms with van der Waals surface area (Å²) in [6.07, 6.45) is 4.95. The minimum atomic E-state index is -0.200. The van der Waals surface area contributed by atoms with E-state index < -0.39 is 0 Å². The van der Waals surface area contributed by atoms with Crippen LogP contribution in [0.5, 0.6) is 0 Å². The highest BCUT2D eigenvalue weighted by atomic mass is 16.5. The van der Waals surface area contributed by atoms with Crippen molar-refractivity contribution in [1.29, 1.82) is 0 Å². The third kappa shape index (κ3) is 1.67. The Morgan fingerprint density at radius 3 is 3.00 bits per heavy atom. The molecule has 0 aromatic carbocycles. The lowest BCUT2D eigenvalue weighted by Gasteiger charge is -2.12. The minimum Gasteiger partial charge on any atom is -0.396 e. The van der Waals surface area contributed by atoms with E-state index in [9.17, 15) is 0 Å². The zero-order valence-electron chi connectivity index (χ0n) is 8.20. The van der Waals surface area contributed by atoms with Crippen molar-refractivity contribution < 1.29 is 9.63 Å². The molecule has 1 aromatic rings. The second-order valence-electron chi connectivity index (χ2n) is 3.80. The van der Waals surface area contributed by atoms with Crippen LogP contribution in [0.2, 0.25) is 0 Å². The SMILES string of the molecule is NC(CCO)c1onc2c1CCCC2. The number of hydrogen-bond acceptors (Lipinski definition) is 4. The molecular weight excluding hydrogens is 180 g/mol. The highest BCUT2D eigenvalue weighted by Crippen LogP contribution is 2.28. The lowest BCUT2D eigenvalue weighted by molar-refractivity contribution is 0.261. The molecule has 14 heavy (non-hydrogen) atoms. The number of aryl methyl sites for hydroxylation is 1. The van der Waals surface area contributed by atoms with Crippen LogP contribution in [0, 0.1) is 0 Å². The molecule has 2 rings (SSSR count). The first-order valence-electron chi connectivity index (χ1n) is 5.16. The number of aliphatic hydroxyl groups is 1. The van der Waals surface area contributed by atoms with Crippen molar-refractivity contribution in [2.24, 2.45) is 5.73 Å². The number of aliphatic hydroxyl groups excluding tert-OH is 1. The quantitative estimate of drug-likeness (QED) is 0.754. The van der Waals surface area contributed by atoms with Gasteiger partial charge in [-0.2, -0.15) is 0 Å². The highest BCUT2D eigenvalue weighted by Gasteiger charge is 2.22. The van der Waals surface area contributed by atoms with Crippen molar-refractivity contribution in [2.75, 3.05) is 6.61 Å². The second-order valence-corrected chi connectivity index (χ2v) is 3.80. The van der Waals surface area contributed by atoms with Crippen LogP contribution in [0.25, 0.3) is 0 Å². The van der Waals surface area contributed by atoms with Gasteiger partial charge in [0.1, 0.15) is 0 Å². The molecule has 4 heteroatoms. The van der Waals surface area contributed by atoms with E-state index in [0.717, 1.165) is 24.3 Å². The number of fused-ring (bicyclic) bond motifs is 1. The van der Waals surface area contributed by atoms with Gasteiger partial charge in [0.05, 0.1) is 11.7 Å². The summed E-state index contributed by atoms with van der Waals surface area (Å²) in [5.41, 5.74) is 8.14.